The van der Waals surface area contributed by atoms with Crippen LogP contribution < -0.4 is 5.32 Å². The second-order valence-corrected chi connectivity index (χ2v) is 5.12. The summed E-state index contributed by atoms with van der Waals surface area (Å²) in [5, 5.41) is 3.46. The topological polar surface area (TPSA) is 21.3 Å². The lowest BCUT2D eigenvalue weighted by atomic mass is 10.2. The van der Waals surface area contributed by atoms with Gasteiger partial charge in [-0.15, -0.1) is 11.8 Å². The monoisotopic (exact) mass is 253 g/mol. The number of hydrogen-bond donors (Lipinski definition) is 1. The van der Waals surface area contributed by atoms with Gasteiger partial charge in [-0.1, -0.05) is 25.1 Å². The molecule has 0 aliphatic rings. The molecule has 1 rings (SSSR count). The molecule has 0 aliphatic carbocycles. The fourth-order valence-corrected chi connectivity index (χ4v) is 2.56. The lowest BCUT2D eigenvalue weighted by Gasteiger charge is -2.09. The molecule has 0 radical (unpaired) electrons. The van der Waals surface area contributed by atoms with Crippen molar-refractivity contribution in [2.75, 3.05) is 26.0 Å². The van der Waals surface area contributed by atoms with E-state index in [1.807, 2.05) is 11.8 Å². The Kier molecular flexibility index (Phi) is 8.14. The third-order valence-electron chi connectivity index (χ3n) is 2.47. The van der Waals surface area contributed by atoms with Crippen LogP contribution >= 0.6 is 11.8 Å². The van der Waals surface area contributed by atoms with Gasteiger partial charge in [0.15, 0.2) is 0 Å². The Bertz CT molecular complexity index is 304. The number of hydrogen-bond acceptors (Lipinski definition) is 3. The second kappa shape index (κ2) is 9.51. The summed E-state index contributed by atoms with van der Waals surface area (Å²) in [7, 11) is 1.76. The highest BCUT2D eigenvalue weighted by atomic mass is 32.2. The molecule has 0 saturated heterocycles. The molecule has 0 bridgehead atoms. The lowest BCUT2D eigenvalue weighted by Crippen LogP contribution is -2.14. The van der Waals surface area contributed by atoms with Crippen molar-refractivity contribution >= 4 is 11.8 Å². The Morgan fingerprint density at radius 3 is 2.88 bits per heavy atom. The Morgan fingerprint density at radius 2 is 2.12 bits per heavy atom. The maximum absolute atomic E-state index is 5.06. The van der Waals surface area contributed by atoms with Crippen molar-refractivity contribution in [3.63, 3.8) is 0 Å². The summed E-state index contributed by atoms with van der Waals surface area (Å²) >= 11 is 1.93. The number of ether oxygens (including phenoxy) is 1. The van der Waals surface area contributed by atoms with Crippen LogP contribution in [0.1, 0.15) is 25.3 Å². The summed E-state index contributed by atoms with van der Waals surface area (Å²) in [5.74, 6) is 1.12. The van der Waals surface area contributed by atoms with E-state index in [1.54, 1.807) is 7.11 Å². The minimum Gasteiger partial charge on any atom is -0.385 e. The zero-order chi connectivity index (χ0) is 12.3. The molecule has 0 spiro atoms. The predicted octanol–water partition coefficient (Wildman–Crippen LogP) is 3.31. The normalized spacial score (nSPS) is 10.7. The third-order valence-corrected chi connectivity index (χ3v) is 3.67. The van der Waals surface area contributed by atoms with Gasteiger partial charge in [-0.25, -0.2) is 0 Å². The number of rotatable bonds is 9. The van der Waals surface area contributed by atoms with Crippen LogP contribution in [0.5, 0.6) is 0 Å². The van der Waals surface area contributed by atoms with Crippen LogP contribution in [0.2, 0.25) is 0 Å². The van der Waals surface area contributed by atoms with E-state index >= 15 is 0 Å². The Labute approximate surface area is 109 Å². The van der Waals surface area contributed by atoms with E-state index < -0.39 is 0 Å². The number of nitrogens with one attached hydrogen (secondary N) is 1. The summed E-state index contributed by atoms with van der Waals surface area (Å²) < 4.78 is 5.06. The van der Waals surface area contributed by atoms with E-state index in [-0.39, 0.29) is 0 Å². The van der Waals surface area contributed by atoms with E-state index in [1.165, 1.54) is 16.9 Å². The van der Waals surface area contributed by atoms with Crippen LogP contribution in [0.4, 0.5) is 0 Å². The van der Waals surface area contributed by atoms with Crippen LogP contribution in [0.25, 0.3) is 0 Å². The van der Waals surface area contributed by atoms with Crippen molar-refractivity contribution in [2.45, 2.75) is 31.2 Å². The van der Waals surface area contributed by atoms with Crippen molar-refractivity contribution in [3.8, 4) is 0 Å². The molecule has 3 heteroatoms. The fourth-order valence-electron chi connectivity index (χ4n) is 1.58. The highest BCUT2D eigenvalue weighted by molar-refractivity contribution is 7.99. The van der Waals surface area contributed by atoms with E-state index in [2.05, 4.69) is 36.5 Å². The molecule has 96 valence electrons. The molecule has 1 aromatic carbocycles. The van der Waals surface area contributed by atoms with Gasteiger partial charge in [0.1, 0.15) is 0 Å². The standard InChI is InChI=1S/C14H23NOS/c1-3-9-15-12-13-7-4-5-8-14(13)17-11-6-10-16-2/h4-5,7-8,15H,3,6,9-12H2,1-2H3. The summed E-state index contributed by atoms with van der Waals surface area (Å²) in [4.78, 5) is 1.40. The van der Waals surface area contributed by atoms with E-state index in [9.17, 15) is 0 Å². The van der Waals surface area contributed by atoms with Gasteiger partial charge in [-0.05, 0) is 31.0 Å². The average molecular weight is 253 g/mol. The van der Waals surface area contributed by atoms with Crippen molar-refractivity contribution in [1.82, 2.24) is 5.32 Å². The molecule has 1 N–H and O–H groups in total. The molecule has 0 aliphatic heterocycles. The molecule has 17 heavy (non-hydrogen) atoms. The summed E-state index contributed by atoms with van der Waals surface area (Å²) in [6.45, 7) is 5.10. The van der Waals surface area contributed by atoms with Crippen LogP contribution in [0.15, 0.2) is 29.2 Å². The van der Waals surface area contributed by atoms with Crippen LogP contribution in [-0.4, -0.2) is 26.0 Å². The van der Waals surface area contributed by atoms with E-state index in [0.29, 0.717) is 0 Å². The molecule has 1 aromatic rings. The van der Waals surface area contributed by atoms with Crippen molar-refractivity contribution in [1.29, 1.82) is 0 Å². The van der Waals surface area contributed by atoms with Gasteiger partial charge in [0.25, 0.3) is 0 Å². The lowest BCUT2D eigenvalue weighted by molar-refractivity contribution is 0.200. The SMILES string of the molecule is CCCNCc1ccccc1SCCCOC. The van der Waals surface area contributed by atoms with Crippen LogP contribution in [0, 0.1) is 0 Å². The molecule has 0 aromatic heterocycles. The average Bonchev–Trinajstić information content (AvgIpc) is 2.36. The molecular formula is C14H23NOS. The first-order chi connectivity index (χ1) is 8.38. The van der Waals surface area contributed by atoms with Crippen LogP contribution in [-0.2, 0) is 11.3 Å². The summed E-state index contributed by atoms with van der Waals surface area (Å²) in [6.07, 6.45) is 2.29. The highest BCUT2D eigenvalue weighted by Crippen LogP contribution is 2.23. The van der Waals surface area contributed by atoms with Gasteiger partial charge >= 0.3 is 0 Å². The predicted molar refractivity (Wildman–Crippen MR) is 75.7 cm³/mol. The van der Waals surface area contributed by atoms with Crippen molar-refractivity contribution in [2.24, 2.45) is 0 Å². The van der Waals surface area contributed by atoms with Gasteiger partial charge in [0.2, 0.25) is 0 Å². The number of thioether (sulfide) groups is 1. The molecule has 0 fully saturated rings. The quantitative estimate of drug-likeness (QED) is 0.539. The second-order valence-electron chi connectivity index (χ2n) is 3.98. The molecular weight excluding hydrogens is 230 g/mol. The number of methoxy groups -OCH3 is 1. The largest absolute Gasteiger partial charge is 0.385 e. The molecule has 0 unspecified atom stereocenters. The minimum atomic E-state index is 0.850. The van der Waals surface area contributed by atoms with Crippen LogP contribution in [0.3, 0.4) is 0 Å². The first-order valence-corrected chi connectivity index (χ1v) is 7.27. The fraction of sp³-hybridized carbons (Fsp3) is 0.571. The minimum absolute atomic E-state index is 0.850. The summed E-state index contributed by atoms with van der Waals surface area (Å²) in [5.41, 5.74) is 1.41. The van der Waals surface area contributed by atoms with Crippen molar-refractivity contribution in [3.05, 3.63) is 29.8 Å². The van der Waals surface area contributed by atoms with E-state index in [0.717, 1.165) is 31.9 Å². The Balaban J connectivity index is 2.40. The first-order valence-electron chi connectivity index (χ1n) is 6.28. The molecule has 0 heterocycles. The Hall–Kier alpha value is -0.510. The maximum atomic E-state index is 5.06. The molecule has 0 amide bonds. The maximum Gasteiger partial charge on any atom is 0.0470 e. The third kappa shape index (κ3) is 6.10. The zero-order valence-corrected chi connectivity index (χ0v) is 11.7. The van der Waals surface area contributed by atoms with Crippen molar-refractivity contribution < 1.29 is 4.74 Å². The van der Waals surface area contributed by atoms with Gasteiger partial charge < -0.3 is 10.1 Å². The first kappa shape index (κ1) is 14.6. The van der Waals surface area contributed by atoms with Gasteiger partial charge in [0, 0.05) is 30.9 Å². The Morgan fingerprint density at radius 1 is 1.29 bits per heavy atom. The van der Waals surface area contributed by atoms with E-state index in [4.69, 9.17) is 4.74 Å². The smallest absolute Gasteiger partial charge is 0.0470 e. The molecule has 0 atom stereocenters. The summed E-state index contributed by atoms with van der Waals surface area (Å²) in [6, 6.07) is 8.64. The molecule has 2 nitrogen and oxygen atoms in total. The molecule has 0 saturated carbocycles. The zero-order valence-electron chi connectivity index (χ0n) is 10.9. The number of benzene rings is 1. The van der Waals surface area contributed by atoms with Gasteiger partial charge in [-0.2, -0.15) is 0 Å². The van der Waals surface area contributed by atoms with Gasteiger partial charge in [0.05, 0.1) is 0 Å². The highest BCUT2D eigenvalue weighted by Gasteiger charge is 2.01. The van der Waals surface area contributed by atoms with Gasteiger partial charge in [-0.3, -0.25) is 0 Å².